The van der Waals surface area contributed by atoms with E-state index in [9.17, 15) is 22.0 Å². The highest BCUT2D eigenvalue weighted by Gasteiger charge is 2.30. The van der Waals surface area contributed by atoms with Crippen molar-refractivity contribution in [1.29, 1.82) is 0 Å². The van der Waals surface area contributed by atoms with Crippen molar-refractivity contribution < 1.29 is 26.7 Å². The van der Waals surface area contributed by atoms with Crippen molar-refractivity contribution in [3.05, 3.63) is 47.5 Å². The van der Waals surface area contributed by atoms with Gasteiger partial charge in [0.05, 0.1) is 23.9 Å². The van der Waals surface area contributed by atoms with Crippen molar-refractivity contribution in [3.8, 4) is 28.4 Å². The van der Waals surface area contributed by atoms with Crippen LogP contribution in [0.1, 0.15) is 6.42 Å². The van der Waals surface area contributed by atoms with Gasteiger partial charge in [-0.15, -0.1) is 0 Å². The Bertz CT molecular complexity index is 1110. The first kappa shape index (κ1) is 25.5. The van der Waals surface area contributed by atoms with Gasteiger partial charge in [0.2, 0.25) is 0 Å². The van der Waals surface area contributed by atoms with Crippen LogP contribution in [0.5, 0.6) is 5.75 Å². The molecule has 3 rings (SSSR count). The van der Waals surface area contributed by atoms with Gasteiger partial charge >= 0.3 is 6.18 Å². The van der Waals surface area contributed by atoms with Crippen LogP contribution in [-0.2, 0) is 0 Å². The van der Waals surface area contributed by atoms with Crippen molar-refractivity contribution in [2.45, 2.75) is 12.6 Å². The topological polar surface area (TPSA) is 76.1 Å². The molecule has 1 aromatic carbocycles. The smallest absolute Gasteiger partial charge is 0.405 e. The third-order valence-electron chi connectivity index (χ3n) is 4.40. The van der Waals surface area contributed by atoms with E-state index in [1.54, 1.807) is 0 Å². The molecule has 34 heavy (non-hydrogen) atoms. The number of hydrogen-bond acceptors (Lipinski definition) is 7. The van der Waals surface area contributed by atoms with E-state index in [1.165, 1.54) is 18.6 Å². The molecule has 0 fully saturated rings. The SMILES string of the molecule is CN(C)CCCOc1cc(F)c(-c2c(Cl)nc(-c3cnccn3)nc2NCC(F)(F)F)c(F)c1. The number of halogens is 6. The lowest BCUT2D eigenvalue weighted by molar-refractivity contribution is -0.115. The van der Waals surface area contributed by atoms with Gasteiger partial charge in [-0.25, -0.2) is 23.7 Å². The van der Waals surface area contributed by atoms with Crippen LogP contribution in [0.3, 0.4) is 0 Å². The monoisotopic (exact) mass is 502 g/mol. The van der Waals surface area contributed by atoms with Crippen molar-refractivity contribution in [1.82, 2.24) is 24.8 Å². The van der Waals surface area contributed by atoms with Crippen molar-refractivity contribution in [2.24, 2.45) is 0 Å². The van der Waals surface area contributed by atoms with Gasteiger partial charge in [-0.3, -0.25) is 4.98 Å². The zero-order valence-electron chi connectivity index (χ0n) is 18.1. The number of nitrogens with one attached hydrogen (secondary N) is 1. The van der Waals surface area contributed by atoms with Crippen LogP contribution in [0.25, 0.3) is 22.6 Å². The summed E-state index contributed by atoms with van der Waals surface area (Å²) in [7, 11) is 3.75. The van der Waals surface area contributed by atoms with Gasteiger partial charge in [0, 0.05) is 31.1 Å². The average molecular weight is 503 g/mol. The van der Waals surface area contributed by atoms with E-state index in [1.807, 2.05) is 24.3 Å². The summed E-state index contributed by atoms with van der Waals surface area (Å²) in [5.74, 6) is -2.97. The molecular weight excluding hydrogens is 483 g/mol. The minimum atomic E-state index is -4.64. The van der Waals surface area contributed by atoms with E-state index in [0.29, 0.717) is 13.0 Å². The average Bonchev–Trinajstić information content (AvgIpc) is 2.76. The van der Waals surface area contributed by atoms with Gasteiger partial charge in [0.15, 0.2) is 5.82 Å². The molecule has 0 aliphatic rings. The molecule has 0 amide bonds. The van der Waals surface area contributed by atoms with E-state index in [-0.39, 0.29) is 23.9 Å². The summed E-state index contributed by atoms with van der Waals surface area (Å²) in [6.07, 6.45) is -0.0602. The van der Waals surface area contributed by atoms with Gasteiger partial charge in [-0.2, -0.15) is 13.2 Å². The first-order chi connectivity index (χ1) is 16.0. The Labute approximate surface area is 197 Å². The minimum Gasteiger partial charge on any atom is -0.493 e. The molecule has 2 heterocycles. The van der Waals surface area contributed by atoms with E-state index < -0.39 is 46.5 Å². The van der Waals surface area contributed by atoms with Crippen molar-refractivity contribution in [2.75, 3.05) is 39.1 Å². The summed E-state index contributed by atoms with van der Waals surface area (Å²) in [5, 5.41) is 1.57. The molecule has 0 unspecified atom stereocenters. The molecule has 0 atom stereocenters. The van der Waals surface area contributed by atoms with Gasteiger partial charge in [-0.1, -0.05) is 11.6 Å². The highest BCUT2D eigenvalue weighted by molar-refractivity contribution is 6.32. The molecule has 0 saturated carbocycles. The second-order valence-corrected chi connectivity index (χ2v) is 7.75. The number of aromatic nitrogens is 4. The number of ether oxygens (including phenoxy) is 1. The maximum atomic E-state index is 15.0. The lowest BCUT2D eigenvalue weighted by atomic mass is 10.1. The maximum Gasteiger partial charge on any atom is 0.405 e. The first-order valence-electron chi connectivity index (χ1n) is 9.96. The van der Waals surface area contributed by atoms with E-state index >= 15 is 0 Å². The van der Waals surface area contributed by atoms with Crippen LogP contribution in [0.2, 0.25) is 5.15 Å². The summed E-state index contributed by atoms with van der Waals surface area (Å²) < 4.78 is 74.0. The van der Waals surface area contributed by atoms with Crippen LogP contribution in [0.4, 0.5) is 27.8 Å². The maximum absolute atomic E-state index is 15.0. The zero-order valence-corrected chi connectivity index (χ0v) is 18.9. The number of benzene rings is 1. The van der Waals surface area contributed by atoms with Gasteiger partial charge in [-0.05, 0) is 20.5 Å². The number of anilines is 1. The van der Waals surface area contributed by atoms with Gasteiger partial charge in [0.25, 0.3) is 0 Å². The zero-order chi connectivity index (χ0) is 24.9. The number of alkyl halides is 3. The second kappa shape index (κ2) is 10.9. The fourth-order valence-corrected chi connectivity index (χ4v) is 3.20. The molecule has 13 heteroatoms. The van der Waals surface area contributed by atoms with Crippen LogP contribution < -0.4 is 10.1 Å². The molecule has 0 spiro atoms. The first-order valence-corrected chi connectivity index (χ1v) is 10.3. The third kappa shape index (κ3) is 6.70. The largest absolute Gasteiger partial charge is 0.493 e. The van der Waals surface area contributed by atoms with Crippen molar-refractivity contribution >= 4 is 17.4 Å². The normalized spacial score (nSPS) is 11.7. The van der Waals surface area contributed by atoms with Gasteiger partial charge in [0.1, 0.15) is 40.6 Å². The summed E-state index contributed by atoms with van der Waals surface area (Å²) >= 11 is 6.19. The Morgan fingerprint density at radius 3 is 2.35 bits per heavy atom. The van der Waals surface area contributed by atoms with Crippen LogP contribution >= 0.6 is 11.6 Å². The molecule has 0 aliphatic carbocycles. The quantitative estimate of drug-likeness (QED) is 0.255. The van der Waals surface area contributed by atoms with E-state index in [2.05, 4.69) is 19.9 Å². The molecule has 0 aliphatic heterocycles. The molecule has 182 valence electrons. The molecule has 0 saturated heterocycles. The lowest BCUT2D eigenvalue weighted by Gasteiger charge is -2.17. The van der Waals surface area contributed by atoms with Crippen LogP contribution in [0.15, 0.2) is 30.7 Å². The van der Waals surface area contributed by atoms with Crippen molar-refractivity contribution in [3.63, 3.8) is 0 Å². The Morgan fingerprint density at radius 1 is 1.06 bits per heavy atom. The number of nitrogens with zero attached hydrogens (tertiary/aromatic N) is 5. The summed E-state index contributed by atoms with van der Waals surface area (Å²) in [6.45, 7) is -0.600. The Balaban J connectivity index is 2.01. The standard InChI is InChI=1S/C21H20ClF5N6O/c1-33(2)6-3-7-34-12-8-13(23)16(14(24)9-12)17-18(22)31-19(15-10-28-4-5-29-15)32-20(17)30-11-21(25,26)27/h4-5,8-10H,3,6-7,11H2,1-2H3,(H,30,31,32). The third-order valence-corrected chi connectivity index (χ3v) is 4.67. The fourth-order valence-electron chi connectivity index (χ4n) is 2.94. The Hall–Kier alpha value is -3.12. The Morgan fingerprint density at radius 2 is 1.76 bits per heavy atom. The molecule has 0 bridgehead atoms. The van der Waals surface area contributed by atoms with Gasteiger partial charge < -0.3 is 15.0 Å². The molecular formula is C21H20ClF5N6O. The van der Waals surface area contributed by atoms with E-state index in [4.69, 9.17) is 16.3 Å². The summed E-state index contributed by atoms with van der Waals surface area (Å²) in [4.78, 5) is 17.7. The lowest BCUT2D eigenvalue weighted by Crippen LogP contribution is -2.22. The summed E-state index contributed by atoms with van der Waals surface area (Å²) in [5.41, 5.74) is -1.05. The number of rotatable bonds is 9. The minimum absolute atomic E-state index is 0.0736. The summed E-state index contributed by atoms with van der Waals surface area (Å²) in [6, 6.07) is 1.85. The predicted octanol–water partition coefficient (Wildman–Crippen LogP) is 4.84. The fraction of sp³-hybridized carbons (Fsp3) is 0.333. The number of hydrogen-bond donors (Lipinski definition) is 1. The second-order valence-electron chi connectivity index (χ2n) is 7.39. The van der Waals surface area contributed by atoms with Crippen LogP contribution in [-0.4, -0.2) is 64.8 Å². The molecule has 3 aromatic rings. The molecule has 7 nitrogen and oxygen atoms in total. The highest BCUT2D eigenvalue weighted by atomic mass is 35.5. The Kier molecular flexibility index (Phi) is 8.15. The predicted molar refractivity (Wildman–Crippen MR) is 117 cm³/mol. The molecule has 0 radical (unpaired) electrons. The molecule has 1 N–H and O–H groups in total. The van der Waals surface area contributed by atoms with Crippen LogP contribution in [0, 0.1) is 11.6 Å². The highest BCUT2D eigenvalue weighted by Crippen LogP contribution is 2.39. The van der Waals surface area contributed by atoms with E-state index in [0.717, 1.165) is 12.1 Å². The molecule has 2 aromatic heterocycles.